The molecule has 1 amide bonds. The van der Waals surface area contributed by atoms with Gasteiger partial charge >= 0.3 is 0 Å². The van der Waals surface area contributed by atoms with Gasteiger partial charge in [0.05, 0.1) is 38.0 Å². The summed E-state index contributed by atoms with van der Waals surface area (Å²) in [7, 11) is 2.93. The number of benzene rings is 3. The maximum absolute atomic E-state index is 14.1. The number of halogens is 1. The summed E-state index contributed by atoms with van der Waals surface area (Å²) in [4.78, 5) is 28.0. The van der Waals surface area contributed by atoms with Crippen LogP contribution in [-0.2, 0) is 16.1 Å². The minimum Gasteiger partial charge on any atom is -0.507 e. The SMILES string of the molecule is CCOc1cccc(C2/C(=C(\O)c3cc(F)ccc3OC)C(=O)C(=O)N2Cc2ccc(OC)cc2)c1. The lowest BCUT2D eigenvalue weighted by atomic mass is 9.94. The highest BCUT2D eigenvalue weighted by atomic mass is 19.1. The van der Waals surface area contributed by atoms with E-state index in [9.17, 15) is 19.1 Å². The van der Waals surface area contributed by atoms with Crippen LogP contribution >= 0.6 is 0 Å². The zero-order chi connectivity index (χ0) is 25.8. The molecule has 0 bridgehead atoms. The molecule has 36 heavy (non-hydrogen) atoms. The Morgan fingerprint density at radius 3 is 2.39 bits per heavy atom. The smallest absolute Gasteiger partial charge is 0.295 e. The number of carbonyl (C=O) groups excluding carboxylic acids is 2. The predicted molar refractivity (Wildman–Crippen MR) is 131 cm³/mol. The molecule has 1 atom stereocenters. The Kier molecular flexibility index (Phi) is 7.24. The molecular weight excluding hydrogens is 465 g/mol. The molecule has 0 aromatic heterocycles. The van der Waals surface area contributed by atoms with Crippen LogP contribution in [0.25, 0.3) is 5.76 Å². The highest BCUT2D eigenvalue weighted by molar-refractivity contribution is 6.46. The second-order valence-corrected chi connectivity index (χ2v) is 8.13. The molecule has 8 heteroatoms. The van der Waals surface area contributed by atoms with Crippen LogP contribution < -0.4 is 14.2 Å². The van der Waals surface area contributed by atoms with Crippen LogP contribution in [0.2, 0.25) is 0 Å². The number of rotatable bonds is 8. The Morgan fingerprint density at radius 1 is 0.972 bits per heavy atom. The molecule has 3 aromatic rings. The van der Waals surface area contributed by atoms with Crippen LogP contribution in [0.4, 0.5) is 4.39 Å². The Bertz CT molecular complexity index is 1320. The summed E-state index contributed by atoms with van der Waals surface area (Å²) < 4.78 is 30.2. The van der Waals surface area contributed by atoms with Crippen LogP contribution in [-0.4, -0.2) is 42.5 Å². The minimum absolute atomic E-state index is 0.0223. The van der Waals surface area contributed by atoms with Crippen molar-refractivity contribution < 1.29 is 33.3 Å². The summed E-state index contributed by atoms with van der Waals surface area (Å²) in [6.07, 6.45) is 0. The topological polar surface area (TPSA) is 85.3 Å². The van der Waals surface area contributed by atoms with E-state index < -0.39 is 29.3 Å². The zero-order valence-electron chi connectivity index (χ0n) is 20.2. The molecule has 1 N–H and O–H groups in total. The van der Waals surface area contributed by atoms with Crippen molar-refractivity contribution in [2.24, 2.45) is 0 Å². The van der Waals surface area contributed by atoms with Crippen LogP contribution in [0.1, 0.15) is 29.7 Å². The molecule has 1 fully saturated rings. The number of methoxy groups -OCH3 is 2. The lowest BCUT2D eigenvalue weighted by Gasteiger charge is -2.26. The molecule has 1 saturated heterocycles. The van der Waals surface area contributed by atoms with Gasteiger partial charge in [-0.2, -0.15) is 0 Å². The highest BCUT2D eigenvalue weighted by Gasteiger charge is 2.46. The van der Waals surface area contributed by atoms with Gasteiger partial charge in [-0.25, -0.2) is 4.39 Å². The minimum atomic E-state index is -0.944. The van der Waals surface area contributed by atoms with Gasteiger partial charge in [0.25, 0.3) is 11.7 Å². The molecule has 3 aromatic carbocycles. The van der Waals surface area contributed by atoms with Crippen molar-refractivity contribution in [1.29, 1.82) is 0 Å². The van der Waals surface area contributed by atoms with E-state index in [2.05, 4.69) is 0 Å². The highest BCUT2D eigenvalue weighted by Crippen LogP contribution is 2.42. The summed E-state index contributed by atoms with van der Waals surface area (Å²) in [6.45, 7) is 2.36. The maximum atomic E-state index is 14.1. The first-order valence-electron chi connectivity index (χ1n) is 11.4. The number of carbonyl (C=O) groups is 2. The number of aliphatic hydroxyl groups excluding tert-OH is 1. The lowest BCUT2D eigenvalue weighted by molar-refractivity contribution is -0.140. The van der Waals surface area contributed by atoms with Crippen molar-refractivity contribution in [3.05, 3.63) is 94.8 Å². The van der Waals surface area contributed by atoms with Gasteiger partial charge < -0.3 is 24.2 Å². The Hall–Kier alpha value is -4.33. The third-order valence-electron chi connectivity index (χ3n) is 5.95. The predicted octanol–water partition coefficient (Wildman–Crippen LogP) is 4.86. The zero-order valence-corrected chi connectivity index (χ0v) is 20.2. The number of amides is 1. The molecule has 0 radical (unpaired) electrons. The molecule has 4 rings (SSSR count). The number of ketones is 1. The summed E-state index contributed by atoms with van der Waals surface area (Å²) >= 11 is 0. The second-order valence-electron chi connectivity index (χ2n) is 8.13. The number of aliphatic hydroxyl groups is 1. The van der Waals surface area contributed by atoms with Crippen LogP contribution in [0.3, 0.4) is 0 Å². The van der Waals surface area contributed by atoms with Crippen molar-refractivity contribution in [3.63, 3.8) is 0 Å². The van der Waals surface area contributed by atoms with Gasteiger partial charge in [0.1, 0.15) is 28.8 Å². The summed E-state index contributed by atoms with van der Waals surface area (Å²) in [5.41, 5.74) is 1.13. The molecule has 1 aliphatic rings. The Morgan fingerprint density at radius 2 is 1.72 bits per heavy atom. The van der Waals surface area contributed by atoms with Crippen LogP contribution in [0.5, 0.6) is 17.2 Å². The molecule has 7 nitrogen and oxygen atoms in total. The van der Waals surface area contributed by atoms with Crippen LogP contribution in [0, 0.1) is 5.82 Å². The number of Topliss-reactive ketones (excluding diaryl/α,β-unsaturated/α-hetero) is 1. The summed E-state index contributed by atoms with van der Waals surface area (Å²) in [5, 5.41) is 11.3. The quantitative estimate of drug-likeness (QED) is 0.275. The van der Waals surface area contributed by atoms with Gasteiger partial charge in [0, 0.05) is 6.54 Å². The molecular formula is C28H26FNO6. The van der Waals surface area contributed by atoms with Gasteiger partial charge in [-0.15, -0.1) is 0 Å². The maximum Gasteiger partial charge on any atom is 0.295 e. The van der Waals surface area contributed by atoms with E-state index in [-0.39, 0.29) is 23.4 Å². The fourth-order valence-corrected chi connectivity index (χ4v) is 4.27. The molecule has 0 spiro atoms. The van der Waals surface area contributed by atoms with E-state index >= 15 is 0 Å². The molecule has 186 valence electrons. The van der Waals surface area contributed by atoms with E-state index in [1.807, 2.05) is 6.92 Å². The first-order valence-corrected chi connectivity index (χ1v) is 11.4. The normalized spacial score (nSPS) is 16.8. The monoisotopic (exact) mass is 491 g/mol. The average Bonchev–Trinajstić information content (AvgIpc) is 3.14. The van der Waals surface area contributed by atoms with Crippen molar-refractivity contribution >= 4 is 17.4 Å². The van der Waals surface area contributed by atoms with E-state index in [4.69, 9.17) is 14.2 Å². The number of likely N-dealkylation sites (tertiary alicyclic amines) is 1. The van der Waals surface area contributed by atoms with Gasteiger partial charge in [0.15, 0.2) is 0 Å². The molecule has 1 heterocycles. The average molecular weight is 492 g/mol. The standard InChI is InChI=1S/C28H26FNO6/c1-4-36-21-7-5-6-18(14-21)25-24(26(31)22-15-19(29)10-13-23(22)35-3)27(32)28(33)30(25)16-17-8-11-20(34-2)12-9-17/h5-15,25,31H,4,16H2,1-3H3/b26-24+. The van der Waals surface area contributed by atoms with E-state index in [0.717, 1.165) is 11.6 Å². The Labute approximate surface area is 208 Å². The number of ether oxygens (including phenoxy) is 3. The third kappa shape index (κ3) is 4.75. The molecule has 0 saturated carbocycles. The van der Waals surface area contributed by atoms with E-state index in [1.54, 1.807) is 55.6 Å². The molecule has 1 unspecified atom stereocenters. The Balaban J connectivity index is 1.88. The van der Waals surface area contributed by atoms with Gasteiger partial charge in [-0.05, 0) is 60.5 Å². The second kappa shape index (κ2) is 10.5. The molecule has 0 aliphatic carbocycles. The third-order valence-corrected chi connectivity index (χ3v) is 5.95. The largest absolute Gasteiger partial charge is 0.507 e. The number of nitrogens with zero attached hydrogens (tertiary/aromatic N) is 1. The van der Waals surface area contributed by atoms with Gasteiger partial charge in [0.2, 0.25) is 0 Å². The van der Waals surface area contributed by atoms with Crippen LogP contribution in [0.15, 0.2) is 72.3 Å². The van der Waals surface area contributed by atoms with Gasteiger partial charge in [-0.1, -0.05) is 24.3 Å². The molecule has 1 aliphatic heterocycles. The lowest BCUT2D eigenvalue weighted by Crippen LogP contribution is -2.29. The number of hydrogen-bond donors (Lipinski definition) is 1. The van der Waals surface area contributed by atoms with Crippen molar-refractivity contribution in [1.82, 2.24) is 4.90 Å². The van der Waals surface area contributed by atoms with Crippen molar-refractivity contribution in [2.75, 3.05) is 20.8 Å². The summed E-state index contributed by atoms with van der Waals surface area (Å²) in [6, 6.07) is 16.7. The van der Waals surface area contributed by atoms with Gasteiger partial charge in [-0.3, -0.25) is 9.59 Å². The van der Waals surface area contributed by atoms with Crippen molar-refractivity contribution in [2.45, 2.75) is 19.5 Å². The first kappa shape index (κ1) is 24.8. The number of hydrogen-bond acceptors (Lipinski definition) is 6. The fraction of sp³-hybridized carbons (Fsp3) is 0.214. The van der Waals surface area contributed by atoms with Crippen molar-refractivity contribution in [3.8, 4) is 17.2 Å². The summed E-state index contributed by atoms with van der Waals surface area (Å²) in [5.74, 6) is -1.44. The van der Waals surface area contributed by atoms with E-state index in [0.29, 0.717) is 23.7 Å². The fourth-order valence-electron chi connectivity index (χ4n) is 4.27. The first-order chi connectivity index (χ1) is 17.4. The van der Waals surface area contributed by atoms with E-state index in [1.165, 1.54) is 24.1 Å².